The Balaban J connectivity index is 1.63. The second-order valence-corrected chi connectivity index (χ2v) is 11.9. The first-order valence-corrected chi connectivity index (χ1v) is 13.1. The van der Waals surface area contributed by atoms with Gasteiger partial charge in [-0.15, -0.1) is 0 Å². The Bertz CT molecular complexity index is 1230. The summed E-state index contributed by atoms with van der Waals surface area (Å²) >= 11 is 9.49. The Hall–Kier alpha value is -2.12. The molecule has 1 fully saturated rings. The third-order valence-corrected chi connectivity index (χ3v) is 9.64. The molecule has 0 bridgehead atoms. The minimum Gasteiger partial charge on any atom is -0.486 e. The Morgan fingerprint density at radius 2 is 1.97 bits per heavy atom. The van der Waals surface area contributed by atoms with Crippen LogP contribution in [0.25, 0.3) is 0 Å². The molecule has 1 saturated heterocycles. The number of alkyl halides is 1. The maximum Gasteiger partial charge on any atom is 0.325 e. The molecule has 0 aromatic heterocycles. The summed E-state index contributed by atoms with van der Waals surface area (Å²) in [5.74, 6) is -0.116. The predicted octanol–water partition coefficient (Wildman–Crippen LogP) is 4.58. The van der Waals surface area contributed by atoms with E-state index in [0.29, 0.717) is 34.7 Å². The minimum atomic E-state index is -3.90. The van der Waals surface area contributed by atoms with Crippen molar-refractivity contribution in [1.82, 2.24) is 4.31 Å². The van der Waals surface area contributed by atoms with Gasteiger partial charge in [0.15, 0.2) is 0 Å². The van der Waals surface area contributed by atoms with Crippen LogP contribution in [-0.2, 0) is 19.6 Å². The monoisotopic (exact) mass is 552 g/mol. The number of nitriles is 1. The minimum absolute atomic E-state index is 0.0705. The first kappa shape index (κ1) is 24.0. The van der Waals surface area contributed by atoms with Crippen molar-refractivity contribution >= 4 is 43.5 Å². The number of nitrogens with zero attached hydrogens (tertiary/aromatic N) is 2. The lowest BCUT2D eigenvalue weighted by Gasteiger charge is -2.42. The summed E-state index contributed by atoms with van der Waals surface area (Å²) in [6.45, 7) is 3.94. The van der Waals surface area contributed by atoms with Crippen molar-refractivity contribution in [1.29, 1.82) is 5.26 Å². The van der Waals surface area contributed by atoms with Crippen LogP contribution in [0.4, 0.5) is 0 Å². The Morgan fingerprint density at radius 1 is 1.27 bits per heavy atom. The van der Waals surface area contributed by atoms with Crippen LogP contribution in [0, 0.1) is 11.3 Å². The lowest BCUT2D eigenvalue weighted by atomic mass is 9.90. The number of halogens is 2. The highest BCUT2D eigenvalue weighted by Gasteiger charge is 2.47. The van der Waals surface area contributed by atoms with Gasteiger partial charge in [-0.05, 0) is 69.2 Å². The number of carbonyl (C=O) groups excluding carboxylic acids is 1. The molecule has 2 aromatic carbocycles. The number of hydrogen-bond acceptors (Lipinski definition) is 6. The van der Waals surface area contributed by atoms with Crippen LogP contribution in [0.1, 0.15) is 43.9 Å². The van der Waals surface area contributed by atoms with Crippen LogP contribution >= 0.6 is 27.5 Å². The van der Waals surface area contributed by atoms with E-state index in [0.717, 1.165) is 0 Å². The lowest BCUT2D eigenvalue weighted by Crippen LogP contribution is -2.48. The van der Waals surface area contributed by atoms with Gasteiger partial charge in [-0.1, -0.05) is 27.5 Å². The topological polar surface area (TPSA) is 96.7 Å². The Kier molecular flexibility index (Phi) is 6.49. The van der Waals surface area contributed by atoms with Crippen LogP contribution in [0.3, 0.4) is 0 Å². The molecule has 3 atom stereocenters. The fraction of sp³-hybridized carbons (Fsp3) is 0.391. The number of ether oxygens (including phenoxy) is 2. The van der Waals surface area contributed by atoms with E-state index in [1.807, 2.05) is 13.8 Å². The van der Waals surface area contributed by atoms with Gasteiger partial charge in [0.25, 0.3) is 0 Å². The molecule has 0 amide bonds. The number of sulfonamides is 1. The number of esters is 1. The van der Waals surface area contributed by atoms with Crippen molar-refractivity contribution in [3.05, 3.63) is 58.6 Å². The van der Waals surface area contributed by atoms with E-state index in [1.54, 1.807) is 18.2 Å². The summed E-state index contributed by atoms with van der Waals surface area (Å²) in [4.78, 5) is 13.0. The van der Waals surface area contributed by atoms with E-state index in [2.05, 4.69) is 22.0 Å². The van der Waals surface area contributed by atoms with Crippen molar-refractivity contribution in [3.8, 4) is 11.8 Å². The quantitative estimate of drug-likeness (QED) is 0.406. The number of benzene rings is 2. The molecule has 33 heavy (non-hydrogen) atoms. The average Bonchev–Trinajstić information content (AvgIpc) is 3.28. The second kappa shape index (κ2) is 8.91. The molecule has 0 spiro atoms. The molecule has 2 heterocycles. The van der Waals surface area contributed by atoms with Crippen LogP contribution in [0.2, 0.25) is 5.02 Å². The van der Waals surface area contributed by atoms with Crippen molar-refractivity contribution in [3.63, 3.8) is 0 Å². The normalized spacial score (nSPS) is 24.4. The van der Waals surface area contributed by atoms with E-state index in [-0.39, 0.29) is 11.4 Å². The van der Waals surface area contributed by atoms with Gasteiger partial charge in [0.2, 0.25) is 10.0 Å². The van der Waals surface area contributed by atoms with Crippen LogP contribution in [0.5, 0.6) is 5.75 Å². The molecular formula is C23H22BrClN2O5S. The highest BCUT2D eigenvalue weighted by molar-refractivity contribution is 9.09. The summed E-state index contributed by atoms with van der Waals surface area (Å²) in [5.41, 5.74) is 0.260. The number of hydrogen-bond donors (Lipinski definition) is 0. The van der Waals surface area contributed by atoms with E-state index in [1.165, 1.54) is 28.6 Å². The smallest absolute Gasteiger partial charge is 0.325 e. The van der Waals surface area contributed by atoms with Gasteiger partial charge >= 0.3 is 5.97 Å². The zero-order chi connectivity index (χ0) is 24.0. The van der Waals surface area contributed by atoms with Crippen molar-refractivity contribution in [2.24, 2.45) is 0 Å². The largest absolute Gasteiger partial charge is 0.486 e. The SMILES string of the molecule is CC1(C)Oc2ccc(C#N)cc2C(OC(=O)[C@H]2CCCN2S(=O)(=O)c2ccc(Cl)cc2)C1Br. The van der Waals surface area contributed by atoms with Gasteiger partial charge in [-0.25, -0.2) is 8.42 Å². The summed E-state index contributed by atoms with van der Waals surface area (Å²) in [6.07, 6.45) is 0.139. The molecule has 10 heteroatoms. The van der Waals surface area contributed by atoms with E-state index in [4.69, 9.17) is 21.1 Å². The standard InChI is InChI=1S/C23H22BrClN2O5S/c1-23(2)21(24)20(17-12-14(13-26)5-10-19(17)32-23)31-22(28)18-4-3-11-27(18)33(29,30)16-8-6-15(25)7-9-16/h5-10,12,18,20-21H,3-4,11H2,1-2H3/t18-,20?,21?/m1/s1. The predicted molar refractivity (Wildman–Crippen MR) is 126 cm³/mol. The molecule has 2 unspecified atom stereocenters. The molecule has 7 nitrogen and oxygen atoms in total. The average molecular weight is 554 g/mol. The van der Waals surface area contributed by atoms with Gasteiger partial charge in [0.05, 0.1) is 21.4 Å². The highest BCUT2D eigenvalue weighted by atomic mass is 79.9. The van der Waals surface area contributed by atoms with Gasteiger partial charge < -0.3 is 9.47 Å². The molecular weight excluding hydrogens is 532 g/mol. The molecule has 2 aliphatic heterocycles. The van der Waals surface area contributed by atoms with Crippen molar-refractivity contribution in [2.45, 2.75) is 54.2 Å². The van der Waals surface area contributed by atoms with Crippen LogP contribution in [-0.4, -0.2) is 41.7 Å². The summed E-state index contributed by atoms with van der Waals surface area (Å²) in [5, 5.41) is 9.73. The first-order chi connectivity index (χ1) is 15.5. The summed E-state index contributed by atoms with van der Waals surface area (Å²) in [6, 6.07) is 11.9. The zero-order valence-corrected chi connectivity index (χ0v) is 21.2. The molecule has 2 aliphatic rings. The van der Waals surface area contributed by atoms with Crippen LogP contribution < -0.4 is 4.74 Å². The molecule has 0 saturated carbocycles. The summed E-state index contributed by atoms with van der Waals surface area (Å²) < 4.78 is 39.6. The molecule has 2 aromatic rings. The van der Waals surface area contributed by atoms with Crippen molar-refractivity contribution in [2.75, 3.05) is 6.54 Å². The highest BCUT2D eigenvalue weighted by Crippen LogP contribution is 2.46. The van der Waals surface area contributed by atoms with Crippen molar-refractivity contribution < 1.29 is 22.7 Å². The molecule has 4 rings (SSSR count). The van der Waals surface area contributed by atoms with E-state index < -0.39 is 38.6 Å². The Morgan fingerprint density at radius 3 is 2.64 bits per heavy atom. The maximum absolute atomic E-state index is 13.3. The fourth-order valence-corrected chi connectivity index (χ4v) is 6.39. The first-order valence-electron chi connectivity index (χ1n) is 10.4. The molecule has 0 radical (unpaired) electrons. The maximum atomic E-state index is 13.3. The van der Waals surface area contributed by atoms with Gasteiger partial charge in [-0.2, -0.15) is 9.57 Å². The number of rotatable bonds is 4. The van der Waals surface area contributed by atoms with Gasteiger partial charge in [0.1, 0.15) is 23.5 Å². The molecule has 174 valence electrons. The molecule has 0 N–H and O–H groups in total. The fourth-order valence-electron chi connectivity index (χ4n) is 4.13. The van der Waals surface area contributed by atoms with Gasteiger partial charge in [-0.3, -0.25) is 4.79 Å². The Labute approximate surface area is 206 Å². The second-order valence-electron chi connectivity index (χ2n) is 8.56. The van der Waals surface area contributed by atoms with E-state index in [9.17, 15) is 18.5 Å². The number of carbonyl (C=O) groups is 1. The third-order valence-electron chi connectivity index (χ3n) is 5.89. The van der Waals surface area contributed by atoms with E-state index >= 15 is 0 Å². The zero-order valence-electron chi connectivity index (χ0n) is 18.0. The third kappa shape index (κ3) is 4.50. The molecule has 0 aliphatic carbocycles. The van der Waals surface area contributed by atoms with Gasteiger partial charge in [0, 0.05) is 17.1 Å². The summed E-state index contributed by atoms with van der Waals surface area (Å²) in [7, 11) is -3.90. The lowest BCUT2D eigenvalue weighted by molar-refractivity contribution is -0.156. The van der Waals surface area contributed by atoms with Crippen LogP contribution in [0.15, 0.2) is 47.4 Å². The number of fused-ring (bicyclic) bond motifs is 1.